The molecule has 0 aliphatic heterocycles. The summed E-state index contributed by atoms with van der Waals surface area (Å²) in [6.07, 6.45) is 0. The van der Waals surface area contributed by atoms with Crippen molar-refractivity contribution in [2.24, 2.45) is 0 Å². The second-order valence-electron chi connectivity index (χ2n) is 5.38. The molecule has 0 amide bonds. The fourth-order valence-electron chi connectivity index (χ4n) is 1.56. The molecule has 0 saturated carbocycles. The maximum Gasteiger partial charge on any atom is 0.414 e. The molecule has 0 aromatic rings. The van der Waals surface area contributed by atoms with Crippen molar-refractivity contribution in [1.29, 1.82) is 0 Å². The van der Waals surface area contributed by atoms with Crippen LogP contribution in [0.15, 0.2) is 0 Å². The van der Waals surface area contributed by atoms with E-state index in [1.165, 1.54) is 0 Å². The number of carbonyl (C=O) groups is 2. The van der Waals surface area contributed by atoms with Gasteiger partial charge in [-0.15, -0.1) is 0 Å². The van der Waals surface area contributed by atoms with Gasteiger partial charge in [-0.25, -0.2) is 9.59 Å². The van der Waals surface area contributed by atoms with Crippen molar-refractivity contribution in [3.8, 4) is 0 Å². The number of rotatable bonds is 15. The number of carboxylic acid groups (broad SMARTS) is 2. The van der Waals surface area contributed by atoms with Gasteiger partial charge in [0.05, 0.1) is 26.4 Å². The fraction of sp³-hybridized carbons (Fsp3) is 0.867. The van der Waals surface area contributed by atoms with E-state index in [2.05, 4.69) is 19.0 Å². The number of aliphatic carboxylic acids is 2. The molecule has 0 aromatic heterocycles. The van der Waals surface area contributed by atoms with E-state index in [0.29, 0.717) is 26.4 Å². The van der Waals surface area contributed by atoms with Gasteiger partial charge in [0.15, 0.2) is 0 Å². The van der Waals surface area contributed by atoms with Gasteiger partial charge in [0, 0.05) is 17.5 Å². The largest absolute Gasteiger partial charge is 0.473 e. The zero-order chi connectivity index (χ0) is 23.8. The van der Waals surface area contributed by atoms with Gasteiger partial charge in [0.1, 0.15) is 0 Å². The van der Waals surface area contributed by atoms with Crippen LogP contribution in [-0.2, 0) is 51.3 Å². The van der Waals surface area contributed by atoms with Crippen molar-refractivity contribution in [2.45, 2.75) is 33.7 Å². The highest BCUT2D eigenvalue weighted by Gasteiger charge is 2.26. The molecule has 0 spiro atoms. The van der Waals surface area contributed by atoms with Crippen molar-refractivity contribution in [3.05, 3.63) is 0 Å². The normalized spacial score (nSPS) is 12.0. The molecule has 0 heterocycles. The molecule has 0 atom stereocenters. The lowest BCUT2D eigenvalue weighted by atomic mass is 10.4. The summed E-state index contributed by atoms with van der Waals surface area (Å²) < 4.78 is 22.8. The Morgan fingerprint density at radius 3 is 1.23 bits per heavy atom. The molecule has 0 aliphatic carbocycles. The molecule has 0 radical (unpaired) electrons. The minimum absolute atomic E-state index is 0.284. The van der Waals surface area contributed by atoms with Gasteiger partial charge in [-0.1, -0.05) is 22.8 Å². The molecular formula is C15H33NO8P2S4. The Bertz CT molecular complexity index is 531. The van der Waals surface area contributed by atoms with Gasteiger partial charge < -0.3 is 33.2 Å². The molecule has 0 saturated heterocycles. The van der Waals surface area contributed by atoms with E-state index in [0.717, 1.165) is 11.5 Å². The summed E-state index contributed by atoms with van der Waals surface area (Å²) in [5.41, 5.74) is -4.54. The van der Waals surface area contributed by atoms with E-state index < -0.39 is 23.3 Å². The number of hydrogen-bond acceptors (Lipinski definition) is 11. The summed E-state index contributed by atoms with van der Waals surface area (Å²) in [7, 11) is 4.11. The molecule has 0 unspecified atom stereocenters. The molecule has 180 valence electrons. The smallest absolute Gasteiger partial charge is 0.414 e. The topological polar surface area (TPSA) is 115 Å². The molecule has 0 bridgehead atoms. The van der Waals surface area contributed by atoms with Crippen molar-refractivity contribution < 1.29 is 37.9 Å². The maximum atomic E-state index is 9.10. The average molecular weight is 546 g/mol. The zero-order valence-corrected chi connectivity index (χ0v) is 23.2. The van der Waals surface area contributed by atoms with E-state index in [9.17, 15) is 0 Å². The average Bonchev–Trinajstić information content (AvgIpc) is 2.62. The lowest BCUT2D eigenvalue weighted by Crippen LogP contribution is -2.32. The van der Waals surface area contributed by atoms with Crippen LogP contribution in [-0.4, -0.2) is 85.1 Å². The first-order valence-corrected chi connectivity index (χ1v) is 17.6. The van der Waals surface area contributed by atoms with Crippen molar-refractivity contribution in [1.82, 2.24) is 4.90 Å². The van der Waals surface area contributed by atoms with Crippen molar-refractivity contribution >= 4 is 69.7 Å². The monoisotopic (exact) mass is 545 g/mol. The maximum absolute atomic E-state index is 9.10. The summed E-state index contributed by atoms with van der Waals surface area (Å²) in [6, 6.07) is 0.284. The lowest BCUT2D eigenvalue weighted by molar-refractivity contribution is -0.159. The van der Waals surface area contributed by atoms with Crippen LogP contribution in [0.3, 0.4) is 0 Å². The van der Waals surface area contributed by atoms with E-state index in [4.69, 9.17) is 61.5 Å². The molecule has 9 nitrogen and oxygen atoms in total. The lowest BCUT2D eigenvalue weighted by Gasteiger charge is -2.29. The van der Waals surface area contributed by atoms with Crippen LogP contribution in [0.25, 0.3) is 0 Å². The van der Waals surface area contributed by atoms with E-state index in [1.54, 1.807) is 22.8 Å². The van der Waals surface area contributed by atoms with Crippen LogP contribution in [0.4, 0.5) is 0 Å². The molecule has 0 fully saturated rings. The van der Waals surface area contributed by atoms with Gasteiger partial charge in [-0.05, 0) is 65.4 Å². The predicted octanol–water partition coefficient (Wildman–Crippen LogP) is 4.13. The van der Waals surface area contributed by atoms with Crippen LogP contribution < -0.4 is 0 Å². The Hall–Kier alpha value is 0.740. The highest BCUT2D eigenvalue weighted by molar-refractivity contribution is 8.68. The second kappa shape index (κ2) is 18.2. The fourth-order valence-corrected chi connectivity index (χ4v) is 11.6. The van der Waals surface area contributed by atoms with E-state index in [-0.39, 0.29) is 6.04 Å². The zero-order valence-electron chi connectivity index (χ0n) is 18.1. The molecule has 0 rings (SSSR count). The SMILES string of the molecule is CCOP(=S)(OCC)SCC(CSP(=S)(OCC)OCC)N(C)C.O=C(O)C(=O)O. The van der Waals surface area contributed by atoms with Crippen molar-refractivity contribution in [3.63, 3.8) is 0 Å². The summed E-state index contributed by atoms with van der Waals surface area (Å²) in [5, 5.41) is 14.8. The quantitative estimate of drug-likeness (QED) is 0.227. The highest BCUT2D eigenvalue weighted by atomic mass is 32.9. The first kappa shape index (κ1) is 32.9. The van der Waals surface area contributed by atoms with Gasteiger partial charge in [-0.3, -0.25) is 0 Å². The molecule has 0 aromatic carbocycles. The molecule has 15 heteroatoms. The summed E-state index contributed by atoms with van der Waals surface area (Å²) in [6.45, 7) is 10.1. The van der Waals surface area contributed by atoms with Gasteiger partial charge in [-0.2, -0.15) is 0 Å². The third-order valence-electron chi connectivity index (χ3n) is 2.91. The third-order valence-corrected chi connectivity index (χ3v) is 14.1. The van der Waals surface area contributed by atoms with Crippen LogP contribution in [0, 0.1) is 0 Å². The van der Waals surface area contributed by atoms with Gasteiger partial charge in [0.25, 0.3) is 0 Å². The summed E-state index contributed by atoms with van der Waals surface area (Å²) >= 11 is 14.4. The molecule has 2 N–H and O–H groups in total. The Kier molecular flexibility index (Phi) is 20.0. The predicted molar refractivity (Wildman–Crippen MR) is 133 cm³/mol. The number of nitrogens with zero attached hydrogens (tertiary/aromatic N) is 1. The standard InChI is InChI=1S/C13H31NO4P2S4.C2H2O4/c1-7-15-19(21,16-8-2)23-11-13(14(5)6)12-24-20(22,17-9-3)18-10-4;3-1(4)2(5)6/h13H,7-12H2,1-6H3;(H,3,4)(H,5,6). The number of carboxylic acids is 2. The van der Waals surface area contributed by atoms with Crippen LogP contribution >= 0.6 is 34.2 Å². The van der Waals surface area contributed by atoms with Gasteiger partial charge in [0.2, 0.25) is 11.4 Å². The van der Waals surface area contributed by atoms with Crippen LogP contribution in [0.5, 0.6) is 0 Å². The number of hydrogen-bond donors (Lipinski definition) is 2. The van der Waals surface area contributed by atoms with Crippen LogP contribution in [0.1, 0.15) is 27.7 Å². The summed E-state index contributed by atoms with van der Waals surface area (Å²) in [5.74, 6) is -2.00. The van der Waals surface area contributed by atoms with Gasteiger partial charge >= 0.3 is 11.9 Å². The highest BCUT2D eigenvalue weighted by Crippen LogP contribution is 2.63. The minimum atomic E-state index is -2.27. The molecular weight excluding hydrogens is 512 g/mol. The Balaban J connectivity index is 0. The second-order valence-corrected chi connectivity index (χ2v) is 18.1. The molecule has 30 heavy (non-hydrogen) atoms. The van der Waals surface area contributed by atoms with E-state index >= 15 is 0 Å². The Labute approximate surface area is 197 Å². The summed E-state index contributed by atoms with van der Waals surface area (Å²) in [4.78, 5) is 20.4. The van der Waals surface area contributed by atoms with E-state index in [1.807, 2.05) is 27.7 Å². The van der Waals surface area contributed by atoms with Crippen molar-refractivity contribution in [2.75, 3.05) is 52.0 Å². The molecule has 0 aliphatic rings. The Morgan fingerprint density at radius 1 is 0.800 bits per heavy atom. The third kappa shape index (κ3) is 16.4. The first-order chi connectivity index (χ1) is 13.9. The van der Waals surface area contributed by atoms with Crippen LogP contribution in [0.2, 0.25) is 0 Å². The Morgan fingerprint density at radius 2 is 1.07 bits per heavy atom. The first-order valence-electron chi connectivity index (χ1n) is 9.10. The minimum Gasteiger partial charge on any atom is -0.473 e.